The van der Waals surface area contributed by atoms with Crippen LogP contribution in [0.25, 0.3) is 11.3 Å². The molecule has 0 radical (unpaired) electrons. The van der Waals surface area contributed by atoms with Crippen molar-refractivity contribution in [1.29, 1.82) is 0 Å². The molecule has 28 heavy (non-hydrogen) atoms. The summed E-state index contributed by atoms with van der Waals surface area (Å²) in [5.41, 5.74) is 3.36. The van der Waals surface area contributed by atoms with Gasteiger partial charge in [0.1, 0.15) is 0 Å². The molecule has 1 unspecified atom stereocenters. The summed E-state index contributed by atoms with van der Waals surface area (Å²) in [6.45, 7) is 0. The van der Waals surface area contributed by atoms with Gasteiger partial charge in [-0.2, -0.15) is 0 Å². The Morgan fingerprint density at radius 1 is 1.14 bits per heavy atom. The van der Waals surface area contributed by atoms with Gasteiger partial charge in [0.15, 0.2) is 9.84 Å². The first-order valence-electron chi connectivity index (χ1n) is 8.63. The van der Waals surface area contributed by atoms with Crippen molar-refractivity contribution in [2.24, 2.45) is 0 Å². The second kappa shape index (κ2) is 7.35. The smallest absolute Gasteiger partial charge is 0.227 e. The van der Waals surface area contributed by atoms with E-state index in [9.17, 15) is 8.42 Å². The average Bonchev–Trinajstić information content (AvgIpc) is 3.23. The topological polar surface area (TPSA) is 103 Å². The van der Waals surface area contributed by atoms with Gasteiger partial charge in [0.25, 0.3) is 0 Å². The summed E-state index contributed by atoms with van der Waals surface area (Å²) in [4.78, 5) is 8.79. The van der Waals surface area contributed by atoms with Gasteiger partial charge in [0.2, 0.25) is 5.95 Å². The van der Waals surface area contributed by atoms with Crippen LogP contribution in [0.15, 0.2) is 67.2 Å². The summed E-state index contributed by atoms with van der Waals surface area (Å²) in [6, 6.07) is 9.44. The van der Waals surface area contributed by atoms with Gasteiger partial charge in [-0.05, 0) is 42.3 Å². The van der Waals surface area contributed by atoms with Crippen molar-refractivity contribution in [2.45, 2.75) is 11.7 Å². The van der Waals surface area contributed by atoms with Crippen LogP contribution >= 0.6 is 0 Å². The highest BCUT2D eigenvalue weighted by Gasteiger charge is 2.19. The van der Waals surface area contributed by atoms with Crippen molar-refractivity contribution in [3.05, 3.63) is 72.8 Å². The van der Waals surface area contributed by atoms with Gasteiger partial charge in [-0.1, -0.05) is 23.4 Å². The summed E-state index contributed by atoms with van der Waals surface area (Å²) in [5.74, 6) is 0.463. The van der Waals surface area contributed by atoms with Crippen LogP contribution in [0.4, 0.5) is 11.6 Å². The van der Waals surface area contributed by atoms with Crippen molar-refractivity contribution in [3.8, 4) is 5.69 Å². The van der Waals surface area contributed by atoms with Crippen LogP contribution in [0, 0.1) is 0 Å². The van der Waals surface area contributed by atoms with E-state index < -0.39 is 15.1 Å². The van der Waals surface area contributed by atoms with Crippen LogP contribution in [0.2, 0.25) is 0 Å². The van der Waals surface area contributed by atoms with E-state index in [1.165, 1.54) is 6.26 Å². The third-order valence-corrected chi connectivity index (χ3v) is 5.82. The molecule has 1 aliphatic rings. The lowest BCUT2D eigenvalue weighted by atomic mass is 10.0. The maximum Gasteiger partial charge on any atom is 0.227 e. The molecule has 1 aromatic carbocycles. The molecule has 4 rings (SSSR count). The lowest BCUT2D eigenvalue weighted by Gasteiger charge is -2.14. The predicted molar refractivity (Wildman–Crippen MR) is 107 cm³/mol. The van der Waals surface area contributed by atoms with Gasteiger partial charge in [0.05, 0.1) is 29.0 Å². The second-order valence-corrected chi connectivity index (χ2v) is 8.67. The van der Waals surface area contributed by atoms with Crippen LogP contribution in [-0.4, -0.2) is 44.9 Å². The van der Waals surface area contributed by atoms with Gasteiger partial charge in [-0.15, -0.1) is 5.10 Å². The zero-order chi connectivity index (χ0) is 19.6. The minimum atomic E-state index is -3.09. The fourth-order valence-electron chi connectivity index (χ4n) is 2.86. The third kappa shape index (κ3) is 3.99. The zero-order valence-corrected chi connectivity index (χ0v) is 15.9. The Balaban J connectivity index is 1.49. The van der Waals surface area contributed by atoms with E-state index in [1.54, 1.807) is 41.5 Å². The Hall–Kier alpha value is -3.33. The van der Waals surface area contributed by atoms with Crippen LogP contribution in [0.1, 0.15) is 12.1 Å². The molecule has 0 fully saturated rings. The molecule has 0 bridgehead atoms. The quantitative estimate of drug-likeness (QED) is 0.709. The summed E-state index contributed by atoms with van der Waals surface area (Å²) in [5, 5.41) is 10.5. The molecule has 142 valence electrons. The van der Waals surface area contributed by atoms with E-state index in [2.05, 4.69) is 25.6 Å². The molecule has 0 amide bonds. The number of sulfone groups is 1. The van der Waals surface area contributed by atoms with E-state index in [1.807, 2.05) is 30.3 Å². The lowest BCUT2D eigenvalue weighted by molar-refractivity contribution is 0.594. The summed E-state index contributed by atoms with van der Waals surface area (Å²) < 4.78 is 25.0. The first kappa shape index (κ1) is 18.1. The maximum atomic E-state index is 11.7. The van der Waals surface area contributed by atoms with Gasteiger partial charge >= 0.3 is 0 Å². The number of nitrogens with zero attached hydrogens (tertiary/aromatic N) is 5. The Labute approximate surface area is 162 Å². The fourth-order valence-corrected chi connectivity index (χ4v) is 3.67. The molecule has 0 spiro atoms. The van der Waals surface area contributed by atoms with Crippen molar-refractivity contribution >= 4 is 27.0 Å². The first-order valence-corrected chi connectivity index (χ1v) is 10.6. The molecule has 1 aliphatic carbocycles. The molecular weight excluding hydrogens is 376 g/mol. The highest BCUT2D eigenvalue weighted by molar-refractivity contribution is 7.91. The summed E-state index contributed by atoms with van der Waals surface area (Å²) in [7, 11) is -3.09. The Bertz CT molecular complexity index is 1140. The highest BCUT2D eigenvalue weighted by Crippen LogP contribution is 2.24. The number of nitrogens with one attached hydrogen (secondary N) is 1. The number of anilines is 2. The fraction of sp³-hybridized carbons (Fsp3) is 0.158. The normalized spacial score (nSPS) is 16.6. The maximum absolute atomic E-state index is 11.7. The van der Waals surface area contributed by atoms with Gasteiger partial charge < -0.3 is 5.32 Å². The molecule has 2 heterocycles. The van der Waals surface area contributed by atoms with Crippen LogP contribution in [0.3, 0.4) is 0 Å². The van der Waals surface area contributed by atoms with Crippen molar-refractivity contribution in [1.82, 2.24) is 25.0 Å². The van der Waals surface area contributed by atoms with E-state index in [0.717, 1.165) is 22.6 Å². The Morgan fingerprint density at radius 3 is 2.61 bits per heavy atom. The SMILES string of the molecule is CS(=O)(=O)C1C=CC(c2ccnc(Nc3ccc(-n4ccnn4)cc3)n2)=CC1. The van der Waals surface area contributed by atoms with Gasteiger partial charge in [-0.25, -0.2) is 23.1 Å². The van der Waals surface area contributed by atoms with Gasteiger partial charge in [-0.3, -0.25) is 0 Å². The van der Waals surface area contributed by atoms with E-state index >= 15 is 0 Å². The number of hydrogen-bond acceptors (Lipinski definition) is 7. The predicted octanol–water partition coefficient (Wildman–Crippen LogP) is 2.56. The second-order valence-electron chi connectivity index (χ2n) is 6.41. The van der Waals surface area contributed by atoms with Crippen molar-refractivity contribution < 1.29 is 8.42 Å². The lowest BCUT2D eigenvalue weighted by Crippen LogP contribution is -2.18. The summed E-state index contributed by atoms with van der Waals surface area (Å²) in [6.07, 6.45) is 12.2. The van der Waals surface area contributed by atoms with Crippen LogP contribution in [0.5, 0.6) is 0 Å². The monoisotopic (exact) mass is 394 g/mol. The minimum Gasteiger partial charge on any atom is -0.324 e. The molecule has 9 heteroatoms. The number of hydrogen-bond donors (Lipinski definition) is 1. The molecule has 2 aromatic heterocycles. The molecule has 1 atom stereocenters. The standard InChI is InChI=1S/C19H18N6O2S/c1-28(26,27)17-8-2-14(3-9-17)18-10-11-20-19(23-18)22-15-4-6-16(7-5-15)25-13-12-21-24-25/h2-8,10-13,17H,9H2,1H3,(H,20,22,23). The number of rotatable bonds is 5. The van der Waals surface area contributed by atoms with E-state index in [4.69, 9.17) is 0 Å². The van der Waals surface area contributed by atoms with Crippen molar-refractivity contribution in [3.63, 3.8) is 0 Å². The number of aromatic nitrogens is 5. The first-order chi connectivity index (χ1) is 13.5. The molecule has 8 nitrogen and oxygen atoms in total. The molecule has 3 aromatic rings. The Morgan fingerprint density at radius 2 is 1.96 bits per heavy atom. The van der Waals surface area contributed by atoms with Crippen LogP contribution < -0.4 is 5.32 Å². The van der Waals surface area contributed by atoms with Crippen LogP contribution in [-0.2, 0) is 9.84 Å². The van der Waals surface area contributed by atoms with Crippen molar-refractivity contribution in [2.75, 3.05) is 11.6 Å². The average molecular weight is 394 g/mol. The minimum absolute atomic E-state index is 0.446. The summed E-state index contributed by atoms with van der Waals surface area (Å²) >= 11 is 0. The van der Waals surface area contributed by atoms with E-state index in [-0.39, 0.29) is 0 Å². The Kier molecular flexibility index (Phi) is 4.74. The highest BCUT2D eigenvalue weighted by atomic mass is 32.2. The molecule has 1 N–H and O–H groups in total. The molecule has 0 aliphatic heterocycles. The third-order valence-electron chi connectivity index (χ3n) is 4.37. The largest absolute Gasteiger partial charge is 0.324 e. The molecule has 0 saturated carbocycles. The van der Waals surface area contributed by atoms with E-state index in [0.29, 0.717) is 12.4 Å². The van der Waals surface area contributed by atoms with Gasteiger partial charge in [0, 0.05) is 18.1 Å². The molecule has 0 saturated heterocycles. The number of allylic oxidation sites excluding steroid dienone is 3. The molecular formula is C19H18N6O2S. The number of benzene rings is 1. The zero-order valence-electron chi connectivity index (χ0n) is 15.1.